The maximum atomic E-state index is 10.8. The Morgan fingerprint density at radius 2 is 2.42 bits per heavy atom. The van der Waals surface area contributed by atoms with Crippen LogP contribution < -0.4 is 0 Å². The van der Waals surface area contributed by atoms with Gasteiger partial charge in [0, 0.05) is 18.0 Å². The van der Waals surface area contributed by atoms with Gasteiger partial charge < -0.3 is 9.52 Å². The Bertz CT molecular complexity index is 560. The summed E-state index contributed by atoms with van der Waals surface area (Å²) in [5, 5.41) is 11.7. The van der Waals surface area contributed by atoms with E-state index < -0.39 is 5.97 Å². The Kier molecular flexibility index (Phi) is 3.35. The molecular formula is C13H14N2O3S. The summed E-state index contributed by atoms with van der Waals surface area (Å²) >= 11 is 1.52. The Morgan fingerprint density at radius 3 is 3.05 bits per heavy atom. The maximum absolute atomic E-state index is 10.8. The standard InChI is InChI=1S/C13H14N2O3S/c16-12(17)7-15(10-3-4-10)6-9-8-19-13(14-9)11-2-1-5-18-11/h1-2,5,8,10H,3-4,6-7H2,(H,16,17). The monoisotopic (exact) mass is 278 g/mol. The van der Waals surface area contributed by atoms with Crippen molar-refractivity contribution < 1.29 is 14.3 Å². The van der Waals surface area contributed by atoms with Crippen LogP contribution in [0.3, 0.4) is 0 Å². The lowest BCUT2D eigenvalue weighted by atomic mass is 10.4. The highest BCUT2D eigenvalue weighted by Crippen LogP contribution is 2.29. The quantitative estimate of drug-likeness (QED) is 0.879. The molecule has 0 spiro atoms. The highest BCUT2D eigenvalue weighted by molar-refractivity contribution is 7.13. The number of nitrogens with zero attached hydrogens (tertiary/aromatic N) is 2. The molecule has 3 rings (SSSR count). The molecule has 2 heterocycles. The second kappa shape index (κ2) is 5.14. The van der Waals surface area contributed by atoms with Gasteiger partial charge in [-0.25, -0.2) is 4.98 Å². The molecule has 1 aliphatic rings. The molecule has 1 saturated carbocycles. The van der Waals surface area contributed by atoms with Gasteiger partial charge in [-0.05, 0) is 25.0 Å². The van der Waals surface area contributed by atoms with E-state index in [1.807, 2.05) is 22.4 Å². The molecule has 0 atom stereocenters. The van der Waals surface area contributed by atoms with Crippen molar-refractivity contribution in [1.29, 1.82) is 0 Å². The zero-order valence-corrected chi connectivity index (χ0v) is 11.1. The molecule has 2 aromatic heterocycles. The van der Waals surface area contributed by atoms with Crippen molar-refractivity contribution in [3.05, 3.63) is 29.5 Å². The molecule has 5 nitrogen and oxygen atoms in total. The minimum absolute atomic E-state index is 0.0816. The van der Waals surface area contributed by atoms with E-state index in [1.165, 1.54) is 11.3 Å². The molecule has 0 saturated heterocycles. The van der Waals surface area contributed by atoms with E-state index >= 15 is 0 Å². The SMILES string of the molecule is O=C(O)CN(Cc1csc(-c2ccco2)n1)C1CC1. The van der Waals surface area contributed by atoms with Gasteiger partial charge in [0.1, 0.15) is 0 Å². The van der Waals surface area contributed by atoms with E-state index in [0.717, 1.165) is 29.3 Å². The van der Waals surface area contributed by atoms with Gasteiger partial charge in [0.2, 0.25) is 0 Å². The molecule has 1 aliphatic carbocycles. The fraction of sp³-hybridized carbons (Fsp3) is 0.385. The van der Waals surface area contributed by atoms with E-state index in [-0.39, 0.29) is 6.54 Å². The van der Waals surface area contributed by atoms with Gasteiger partial charge in [-0.15, -0.1) is 11.3 Å². The third-order valence-corrected chi connectivity index (χ3v) is 3.96. The van der Waals surface area contributed by atoms with Gasteiger partial charge in [-0.2, -0.15) is 0 Å². The third-order valence-electron chi connectivity index (χ3n) is 3.05. The fourth-order valence-electron chi connectivity index (χ4n) is 2.03. The Morgan fingerprint density at radius 1 is 1.58 bits per heavy atom. The van der Waals surface area contributed by atoms with E-state index in [0.29, 0.717) is 12.6 Å². The van der Waals surface area contributed by atoms with Crippen LogP contribution in [-0.2, 0) is 11.3 Å². The predicted molar refractivity (Wildman–Crippen MR) is 70.9 cm³/mol. The lowest BCUT2D eigenvalue weighted by Crippen LogP contribution is -2.31. The van der Waals surface area contributed by atoms with Crippen LogP contribution in [0.2, 0.25) is 0 Å². The van der Waals surface area contributed by atoms with E-state index in [9.17, 15) is 4.79 Å². The summed E-state index contributed by atoms with van der Waals surface area (Å²) in [4.78, 5) is 17.3. The molecular weight excluding hydrogens is 264 g/mol. The Labute approximate surface area is 114 Å². The second-order valence-corrected chi connectivity index (χ2v) is 5.51. The van der Waals surface area contributed by atoms with E-state index in [1.54, 1.807) is 6.26 Å². The minimum Gasteiger partial charge on any atom is -0.480 e. The molecule has 19 heavy (non-hydrogen) atoms. The molecule has 0 radical (unpaired) electrons. The van der Waals surface area contributed by atoms with Crippen molar-refractivity contribution in [1.82, 2.24) is 9.88 Å². The lowest BCUT2D eigenvalue weighted by Gasteiger charge is -2.17. The van der Waals surface area contributed by atoms with Crippen LogP contribution >= 0.6 is 11.3 Å². The van der Waals surface area contributed by atoms with Crippen LogP contribution in [0.1, 0.15) is 18.5 Å². The zero-order chi connectivity index (χ0) is 13.2. The van der Waals surface area contributed by atoms with Gasteiger partial charge in [0.05, 0.1) is 18.5 Å². The highest BCUT2D eigenvalue weighted by Gasteiger charge is 2.30. The average Bonchev–Trinajstić information content (AvgIpc) is 2.89. The number of aliphatic carboxylic acids is 1. The number of hydrogen-bond acceptors (Lipinski definition) is 5. The number of thiazole rings is 1. The van der Waals surface area contributed by atoms with E-state index in [2.05, 4.69) is 4.98 Å². The van der Waals surface area contributed by atoms with Crippen molar-refractivity contribution >= 4 is 17.3 Å². The number of furan rings is 1. The summed E-state index contributed by atoms with van der Waals surface area (Å²) in [6.45, 7) is 0.673. The minimum atomic E-state index is -0.784. The zero-order valence-electron chi connectivity index (χ0n) is 10.3. The first-order valence-corrected chi connectivity index (χ1v) is 7.04. The number of rotatable bonds is 6. The van der Waals surface area contributed by atoms with Crippen molar-refractivity contribution in [3.63, 3.8) is 0 Å². The van der Waals surface area contributed by atoms with Crippen LogP contribution in [0, 0.1) is 0 Å². The first kappa shape index (κ1) is 12.4. The van der Waals surface area contributed by atoms with Gasteiger partial charge in [0.15, 0.2) is 10.8 Å². The average molecular weight is 278 g/mol. The van der Waals surface area contributed by atoms with Crippen molar-refractivity contribution in [2.45, 2.75) is 25.4 Å². The largest absolute Gasteiger partial charge is 0.480 e. The first-order chi connectivity index (χ1) is 9.22. The highest BCUT2D eigenvalue weighted by atomic mass is 32.1. The van der Waals surface area contributed by atoms with E-state index in [4.69, 9.17) is 9.52 Å². The van der Waals surface area contributed by atoms with Crippen molar-refractivity contribution in [2.24, 2.45) is 0 Å². The normalized spacial score (nSPS) is 15.0. The number of carbonyl (C=O) groups is 1. The number of hydrogen-bond donors (Lipinski definition) is 1. The molecule has 2 aromatic rings. The van der Waals surface area contributed by atoms with Crippen molar-refractivity contribution in [2.75, 3.05) is 6.54 Å². The molecule has 1 N–H and O–H groups in total. The summed E-state index contributed by atoms with van der Waals surface area (Å²) in [6, 6.07) is 4.11. The number of aromatic nitrogens is 1. The third kappa shape index (κ3) is 3.02. The molecule has 0 bridgehead atoms. The molecule has 1 fully saturated rings. The fourth-order valence-corrected chi connectivity index (χ4v) is 2.81. The Hall–Kier alpha value is -1.66. The van der Waals surface area contributed by atoms with Crippen LogP contribution in [-0.4, -0.2) is 33.5 Å². The summed E-state index contributed by atoms with van der Waals surface area (Å²) in [5.41, 5.74) is 0.907. The topological polar surface area (TPSA) is 66.6 Å². The van der Waals surface area contributed by atoms with Crippen LogP contribution in [0.5, 0.6) is 0 Å². The van der Waals surface area contributed by atoms with Crippen LogP contribution in [0.4, 0.5) is 0 Å². The smallest absolute Gasteiger partial charge is 0.317 e. The van der Waals surface area contributed by atoms with Gasteiger partial charge in [0.25, 0.3) is 0 Å². The molecule has 0 aliphatic heterocycles. The molecule has 6 heteroatoms. The lowest BCUT2D eigenvalue weighted by molar-refractivity contribution is -0.138. The van der Waals surface area contributed by atoms with Gasteiger partial charge in [-0.3, -0.25) is 9.69 Å². The molecule has 100 valence electrons. The maximum Gasteiger partial charge on any atom is 0.317 e. The first-order valence-electron chi connectivity index (χ1n) is 6.16. The van der Waals surface area contributed by atoms with Gasteiger partial charge in [-0.1, -0.05) is 0 Å². The van der Waals surface area contributed by atoms with Crippen molar-refractivity contribution in [3.8, 4) is 10.8 Å². The molecule has 0 unspecified atom stereocenters. The van der Waals surface area contributed by atoms with Crippen LogP contribution in [0.25, 0.3) is 10.8 Å². The number of carboxylic acid groups (broad SMARTS) is 1. The summed E-state index contributed by atoms with van der Waals surface area (Å²) < 4.78 is 5.30. The number of carboxylic acids is 1. The predicted octanol–water partition coefficient (Wildman–Crippen LogP) is 2.45. The molecule has 0 amide bonds. The summed E-state index contributed by atoms with van der Waals surface area (Å²) in [5.74, 6) is -0.0270. The molecule has 0 aromatic carbocycles. The summed E-state index contributed by atoms with van der Waals surface area (Å²) in [7, 11) is 0. The Balaban J connectivity index is 1.70. The van der Waals surface area contributed by atoms with Crippen LogP contribution in [0.15, 0.2) is 28.2 Å². The second-order valence-electron chi connectivity index (χ2n) is 4.65. The van der Waals surface area contributed by atoms with Gasteiger partial charge >= 0.3 is 5.97 Å². The summed E-state index contributed by atoms with van der Waals surface area (Å²) in [6.07, 6.45) is 3.79.